The molecule has 0 unspecified atom stereocenters. The van der Waals surface area contributed by atoms with Crippen LogP contribution in [0.5, 0.6) is 5.75 Å². The number of ether oxygens (including phenoxy) is 2. The molecule has 1 aliphatic rings. The highest BCUT2D eigenvalue weighted by Crippen LogP contribution is 2.34. The number of carbonyl (C=O) groups is 1. The largest absolute Gasteiger partial charge is 0.497 e. The number of methoxy groups -OCH3 is 1. The topological polar surface area (TPSA) is 57.5 Å². The van der Waals surface area contributed by atoms with Crippen molar-refractivity contribution >= 4 is 16.9 Å². The van der Waals surface area contributed by atoms with Crippen LogP contribution >= 0.6 is 0 Å². The van der Waals surface area contributed by atoms with Crippen molar-refractivity contribution in [3.8, 4) is 16.9 Å². The number of hydrogen-bond donors (Lipinski definition) is 0. The predicted octanol–water partition coefficient (Wildman–Crippen LogP) is 3.80. The van der Waals surface area contributed by atoms with Gasteiger partial charge in [-0.2, -0.15) is 0 Å². The molecule has 0 radical (unpaired) electrons. The second-order valence-corrected chi connectivity index (χ2v) is 6.61. The zero-order valence-corrected chi connectivity index (χ0v) is 15.5. The summed E-state index contributed by atoms with van der Waals surface area (Å²) in [5.74, 6) is 0.253. The number of esters is 1. The Bertz CT molecular complexity index is 1080. The highest BCUT2D eigenvalue weighted by Gasteiger charge is 2.22. The zero-order valence-electron chi connectivity index (χ0n) is 15.5. The van der Waals surface area contributed by atoms with Crippen molar-refractivity contribution in [2.75, 3.05) is 13.7 Å². The Morgan fingerprint density at radius 1 is 1.15 bits per heavy atom. The van der Waals surface area contributed by atoms with Gasteiger partial charge in [0, 0.05) is 18.1 Å². The molecule has 0 bridgehead atoms. The van der Waals surface area contributed by atoms with E-state index in [-0.39, 0.29) is 17.6 Å². The minimum atomic E-state index is -0.556. The minimum absolute atomic E-state index is 0.106. The fourth-order valence-corrected chi connectivity index (χ4v) is 3.82. The van der Waals surface area contributed by atoms with Crippen molar-refractivity contribution in [2.45, 2.75) is 26.3 Å². The van der Waals surface area contributed by atoms with Gasteiger partial charge in [-0.25, -0.2) is 4.79 Å². The SMILES string of the molecule is CCOC(=O)c1cn2c3c(c(-c4ccc(OC)cc4)ccc3c1=O)CCC2. The van der Waals surface area contributed by atoms with Crippen molar-refractivity contribution in [3.63, 3.8) is 0 Å². The van der Waals surface area contributed by atoms with E-state index >= 15 is 0 Å². The molecule has 0 spiro atoms. The summed E-state index contributed by atoms with van der Waals surface area (Å²) in [7, 11) is 1.65. The van der Waals surface area contributed by atoms with E-state index in [1.165, 1.54) is 0 Å². The van der Waals surface area contributed by atoms with Gasteiger partial charge in [-0.15, -0.1) is 0 Å². The monoisotopic (exact) mass is 363 g/mol. The van der Waals surface area contributed by atoms with Gasteiger partial charge in [-0.1, -0.05) is 18.2 Å². The molecule has 138 valence electrons. The molecule has 0 atom stereocenters. The Kier molecular flexibility index (Phi) is 4.44. The Hall–Kier alpha value is -3.08. The van der Waals surface area contributed by atoms with Crippen LogP contribution in [-0.4, -0.2) is 24.3 Å². The van der Waals surface area contributed by atoms with Crippen LogP contribution in [0.25, 0.3) is 22.0 Å². The summed E-state index contributed by atoms with van der Waals surface area (Å²) in [6.45, 7) is 2.76. The summed E-state index contributed by atoms with van der Waals surface area (Å²) in [6, 6.07) is 11.7. The van der Waals surface area contributed by atoms with E-state index in [2.05, 4.69) is 0 Å². The van der Waals surface area contributed by atoms with E-state index in [9.17, 15) is 9.59 Å². The third-order valence-electron chi connectivity index (χ3n) is 5.07. The average molecular weight is 363 g/mol. The molecule has 0 saturated heterocycles. The van der Waals surface area contributed by atoms with Crippen molar-refractivity contribution < 1.29 is 14.3 Å². The van der Waals surface area contributed by atoms with Gasteiger partial charge in [-0.3, -0.25) is 4.79 Å². The Labute approximate surface area is 157 Å². The van der Waals surface area contributed by atoms with E-state index in [0.29, 0.717) is 5.39 Å². The first-order chi connectivity index (χ1) is 13.1. The lowest BCUT2D eigenvalue weighted by Crippen LogP contribution is -2.23. The molecule has 27 heavy (non-hydrogen) atoms. The molecule has 3 aromatic rings. The van der Waals surface area contributed by atoms with E-state index < -0.39 is 5.97 Å². The molecule has 1 aliphatic heterocycles. The van der Waals surface area contributed by atoms with Crippen LogP contribution in [0.15, 0.2) is 47.4 Å². The van der Waals surface area contributed by atoms with Gasteiger partial charge in [0.05, 0.1) is 19.2 Å². The number of aryl methyl sites for hydroxylation is 2. The molecule has 0 fully saturated rings. The maximum Gasteiger partial charge on any atom is 0.343 e. The van der Waals surface area contributed by atoms with Crippen LogP contribution < -0.4 is 10.2 Å². The molecular formula is C22H21NO4. The highest BCUT2D eigenvalue weighted by molar-refractivity contribution is 5.96. The number of hydrogen-bond acceptors (Lipinski definition) is 4. The lowest BCUT2D eigenvalue weighted by molar-refractivity contribution is 0.0524. The van der Waals surface area contributed by atoms with Crippen molar-refractivity contribution in [2.24, 2.45) is 0 Å². The predicted molar refractivity (Wildman–Crippen MR) is 104 cm³/mol. The fraction of sp³-hybridized carbons (Fsp3) is 0.273. The Balaban J connectivity index is 1.93. The maximum atomic E-state index is 12.9. The third-order valence-corrected chi connectivity index (χ3v) is 5.07. The number of aromatic nitrogens is 1. The first kappa shape index (κ1) is 17.3. The molecule has 0 N–H and O–H groups in total. The van der Waals surface area contributed by atoms with Gasteiger partial charge in [0.15, 0.2) is 0 Å². The molecule has 2 heterocycles. The van der Waals surface area contributed by atoms with Crippen LogP contribution in [0, 0.1) is 0 Å². The van der Waals surface area contributed by atoms with Gasteiger partial charge in [0.2, 0.25) is 5.43 Å². The molecule has 4 rings (SSSR count). The molecule has 0 saturated carbocycles. The number of carbonyl (C=O) groups excluding carboxylic acids is 1. The van der Waals surface area contributed by atoms with Crippen molar-refractivity contribution in [3.05, 3.63) is 63.9 Å². The van der Waals surface area contributed by atoms with Gasteiger partial charge in [0.25, 0.3) is 0 Å². The quantitative estimate of drug-likeness (QED) is 0.662. The van der Waals surface area contributed by atoms with E-state index in [1.54, 1.807) is 20.2 Å². The van der Waals surface area contributed by atoms with E-state index in [0.717, 1.165) is 47.3 Å². The van der Waals surface area contributed by atoms with Crippen LogP contribution in [-0.2, 0) is 17.7 Å². The second kappa shape index (κ2) is 6.91. The lowest BCUT2D eigenvalue weighted by atomic mass is 9.91. The normalized spacial score (nSPS) is 12.8. The fourth-order valence-electron chi connectivity index (χ4n) is 3.82. The van der Waals surface area contributed by atoms with Crippen molar-refractivity contribution in [1.29, 1.82) is 0 Å². The van der Waals surface area contributed by atoms with Gasteiger partial charge in [0.1, 0.15) is 11.3 Å². The van der Waals surface area contributed by atoms with E-state index in [1.807, 2.05) is 41.0 Å². The first-order valence-corrected chi connectivity index (χ1v) is 9.14. The van der Waals surface area contributed by atoms with Crippen LogP contribution in [0.1, 0.15) is 29.3 Å². The first-order valence-electron chi connectivity index (χ1n) is 9.14. The van der Waals surface area contributed by atoms with Crippen LogP contribution in [0.3, 0.4) is 0 Å². The van der Waals surface area contributed by atoms with Crippen molar-refractivity contribution in [1.82, 2.24) is 4.57 Å². The molecule has 0 amide bonds. The zero-order chi connectivity index (χ0) is 19.0. The number of pyridine rings is 1. The lowest BCUT2D eigenvalue weighted by Gasteiger charge is -2.23. The Morgan fingerprint density at radius 3 is 2.63 bits per heavy atom. The number of rotatable bonds is 4. The standard InChI is InChI=1S/C22H21NO4/c1-3-27-22(25)19-13-23-12-4-5-17-16(10-11-18(20(17)23)21(19)24)14-6-8-15(26-2)9-7-14/h6-11,13H,3-5,12H2,1-2H3. The third kappa shape index (κ3) is 2.89. The van der Waals surface area contributed by atoms with Gasteiger partial charge in [-0.05, 0) is 54.7 Å². The maximum absolute atomic E-state index is 12.9. The van der Waals surface area contributed by atoms with Crippen LogP contribution in [0.2, 0.25) is 0 Å². The number of benzene rings is 2. The molecule has 5 heteroatoms. The number of nitrogens with zero attached hydrogens (tertiary/aromatic N) is 1. The molecule has 5 nitrogen and oxygen atoms in total. The molecule has 2 aromatic carbocycles. The summed E-state index contributed by atoms with van der Waals surface area (Å²) in [4.78, 5) is 25.1. The summed E-state index contributed by atoms with van der Waals surface area (Å²) >= 11 is 0. The smallest absolute Gasteiger partial charge is 0.343 e. The summed E-state index contributed by atoms with van der Waals surface area (Å²) < 4.78 is 12.3. The summed E-state index contributed by atoms with van der Waals surface area (Å²) in [6.07, 6.45) is 3.51. The van der Waals surface area contributed by atoms with Gasteiger partial charge >= 0.3 is 5.97 Å². The Morgan fingerprint density at radius 2 is 1.93 bits per heavy atom. The van der Waals surface area contributed by atoms with Crippen LogP contribution in [0.4, 0.5) is 0 Å². The summed E-state index contributed by atoms with van der Waals surface area (Å²) in [5.41, 5.74) is 4.12. The molecule has 0 aliphatic carbocycles. The highest BCUT2D eigenvalue weighted by atomic mass is 16.5. The second-order valence-electron chi connectivity index (χ2n) is 6.61. The van der Waals surface area contributed by atoms with Gasteiger partial charge < -0.3 is 14.0 Å². The molecule has 1 aromatic heterocycles. The summed E-state index contributed by atoms with van der Waals surface area (Å²) in [5, 5.41) is 0.576. The average Bonchev–Trinajstić information content (AvgIpc) is 2.70. The minimum Gasteiger partial charge on any atom is -0.497 e. The van der Waals surface area contributed by atoms with E-state index in [4.69, 9.17) is 9.47 Å². The molecular weight excluding hydrogens is 342 g/mol.